The Hall–Kier alpha value is -3.76. The first-order valence-corrected chi connectivity index (χ1v) is 12.0. The average molecular weight is 496 g/mol. The van der Waals surface area contributed by atoms with Crippen LogP contribution in [-0.4, -0.2) is 43.8 Å². The molecule has 3 aromatic rings. The molecular formula is C25H23F3N6O2. The highest BCUT2D eigenvalue weighted by atomic mass is 19.4. The summed E-state index contributed by atoms with van der Waals surface area (Å²) in [5.41, 5.74) is 2.85. The van der Waals surface area contributed by atoms with Crippen molar-refractivity contribution in [3.63, 3.8) is 0 Å². The van der Waals surface area contributed by atoms with Crippen LogP contribution in [0.4, 0.5) is 24.5 Å². The lowest BCUT2D eigenvalue weighted by Gasteiger charge is -2.27. The SMILES string of the molecule is O=C(Nc1cc(N2C(=O)[C@@H]3CC[C@H]2C3)cnc1C1CC1)c1cccc(-c2cnn(CC(F)(F)F)c2)n1. The van der Waals surface area contributed by atoms with Gasteiger partial charge in [-0.1, -0.05) is 6.07 Å². The molecule has 186 valence electrons. The molecule has 36 heavy (non-hydrogen) atoms. The second-order valence-electron chi connectivity index (χ2n) is 9.68. The summed E-state index contributed by atoms with van der Waals surface area (Å²) in [7, 11) is 0. The summed E-state index contributed by atoms with van der Waals surface area (Å²) in [4.78, 5) is 36.7. The van der Waals surface area contributed by atoms with Gasteiger partial charge in [0.1, 0.15) is 12.2 Å². The van der Waals surface area contributed by atoms with Crippen molar-refractivity contribution in [3.8, 4) is 11.3 Å². The van der Waals surface area contributed by atoms with Crippen LogP contribution < -0.4 is 10.2 Å². The largest absolute Gasteiger partial charge is 0.408 e. The minimum absolute atomic E-state index is 0.0728. The minimum atomic E-state index is -4.39. The van der Waals surface area contributed by atoms with Gasteiger partial charge in [-0.15, -0.1) is 0 Å². The van der Waals surface area contributed by atoms with Crippen LogP contribution in [0.1, 0.15) is 54.2 Å². The number of rotatable bonds is 6. The molecule has 1 N–H and O–H groups in total. The maximum Gasteiger partial charge on any atom is 0.408 e. The first-order valence-electron chi connectivity index (χ1n) is 12.0. The van der Waals surface area contributed by atoms with E-state index >= 15 is 0 Å². The van der Waals surface area contributed by atoms with Crippen molar-refractivity contribution >= 4 is 23.2 Å². The molecule has 2 atom stereocenters. The van der Waals surface area contributed by atoms with E-state index < -0.39 is 18.6 Å². The van der Waals surface area contributed by atoms with Crippen molar-refractivity contribution in [2.75, 3.05) is 10.2 Å². The van der Waals surface area contributed by atoms with Gasteiger partial charge in [0.2, 0.25) is 5.91 Å². The number of piperidine rings is 1. The number of pyridine rings is 2. The molecule has 4 heterocycles. The van der Waals surface area contributed by atoms with Crippen LogP contribution in [0.5, 0.6) is 0 Å². The van der Waals surface area contributed by atoms with Gasteiger partial charge in [-0.05, 0) is 50.3 Å². The van der Waals surface area contributed by atoms with Gasteiger partial charge in [0.25, 0.3) is 5.91 Å². The van der Waals surface area contributed by atoms with Gasteiger partial charge in [0.05, 0.1) is 35.2 Å². The number of amides is 2. The number of fused-ring (bicyclic) bond motifs is 2. The molecule has 1 saturated heterocycles. The number of aromatic nitrogens is 4. The summed E-state index contributed by atoms with van der Waals surface area (Å²) in [5, 5.41) is 6.66. The Balaban J connectivity index is 1.25. The molecule has 11 heteroatoms. The van der Waals surface area contributed by atoms with Crippen molar-refractivity contribution in [3.05, 3.63) is 54.2 Å². The van der Waals surface area contributed by atoms with Crippen molar-refractivity contribution in [1.82, 2.24) is 19.7 Å². The van der Waals surface area contributed by atoms with Crippen LogP contribution in [0.3, 0.4) is 0 Å². The maximum absolute atomic E-state index is 13.2. The van der Waals surface area contributed by atoms with E-state index in [9.17, 15) is 22.8 Å². The van der Waals surface area contributed by atoms with Gasteiger partial charge in [-0.2, -0.15) is 18.3 Å². The molecule has 2 amide bonds. The van der Waals surface area contributed by atoms with Crippen LogP contribution in [0, 0.1) is 5.92 Å². The second kappa shape index (κ2) is 8.42. The number of alkyl halides is 3. The molecule has 0 unspecified atom stereocenters. The van der Waals surface area contributed by atoms with Crippen LogP contribution in [0.25, 0.3) is 11.3 Å². The van der Waals surface area contributed by atoms with Crippen molar-refractivity contribution in [1.29, 1.82) is 0 Å². The Kier molecular flexibility index (Phi) is 5.31. The summed E-state index contributed by atoms with van der Waals surface area (Å²) in [6.07, 6.45) is 4.59. The maximum atomic E-state index is 13.2. The zero-order chi connectivity index (χ0) is 25.0. The third-order valence-corrected chi connectivity index (χ3v) is 7.00. The molecule has 2 aliphatic carbocycles. The molecule has 8 nitrogen and oxygen atoms in total. The number of hydrogen-bond donors (Lipinski definition) is 1. The summed E-state index contributed by atoms with van der Waals surface area (Å²) in [5.74, 6) is -0.0120. The molecule has 0 radical (unpaired) electrons. The van der Waals surface area contributed by atoms with Crippen LogP contribution in [-0.2, 0) is 11.3 Å². The first-order chi connectivity index (χ1) is 17.2. The molecular weight excluding hydrogens is 473 g/mol. The van der Waals surface area contributed by atoms with Gasteiger partial charge >= 0.3 is 6.18 Å². The van der Waals surface area contributed by atoms with Gasteiger partial charge in [-0.3, -0.25) is 19.3 Å². The fraction of sp³-hybridized carbons (Fsp3) is 0.400. The summed E-state index contributed by atoms with van der Waals surface area (Å²) < 4.78 is 38.8. The Labute approximate surface area is 204 Å². The summed E-state index contributed by atoms with van der Waals surface area (Å²) in [6.45, 7) is -1.21. The van der Waals surface area contributed by atoms with Gasteiger partial charge in [-0.25, -0.2) is 4.98 Å². The lowest BCUT2D eigenvalue weighted by molar-refractivity contribution is -0.142. The number of halogens is 3. The van der Waals surface area contributed by atoms with Crippen molar-refractivity contribution < 1.29 is 22.8 Å². The van der Waals surface area contributed by atoms with Crippen LogP contribution in [0.15, 0.2) is 42.9 Å². The lowest BCUT2D eigenvalue weighted by atomic mass is 10.1. The smallest absolute Gasteiger partial charge is 0.319 e. The highest BCUT2D eigenvalue weighted by Crippen LogP contribution is 2.45. The van der Waals surface area contributed by atoms with E-state index in [2.05, 4.69) is 20.4 Å². The Bertz CT molecular complexity index is 1350. The molecule has 3 fully saturated rings. The molecule has 3 aromatic heterocycles. The van der Waals surface area contributed by atoms with E-state index in [4.69, 9.17) is 0 Å². The zero-order valence-corrected chi connectivity index (χ0v) is 19.2. The Morgan fingerprint density at radius 3 is 2.64 bits per heavy atom. The van der Waals surface area contributed by atoms with E-state index in [-0.39, 0.29) is 29.5 Å². The zero-order valence-electron chi connectivity index (χ0n) is 19.2. The fourth-order valence-corrected chi connectivity index (χ4v) is 5.18. The van der Waals surface area contributed by atoms with Gasteiger partial charge in [0.15, 0.2) is 0 Å². The second-order valence-corrected chi connectivity index (χ2v) is 9.68. The van der Waals surface area contributed by atoms with Crippen molar-refractivity contribution in [2.45, 2.75) is 56.8 Å². The predicted molar refractivity (Wildman–Crippen MR) is 124 cm³/mol. The first kappa shape index (κ1) is 22.7. The molecule has 1 aliphatic heterocycles. The minimum Gasteiger partial charge on any atom is -0.319 e. The Morgan fingerprint density at radius 2 is 1.92 bits per heavy atom. The number of carbonyl (C=O) groups is 2. The van der Waals surface area contributed by atoms with Crippen LogP contribution >= 0.6 is 0 Å². The predicted octanol–water partition coefficient (Wildman–Crippen LogP) is 4.55. The Morgan fingerprint density at radius 1 is 1.11 bits per heavy atom. The number of anilines is 2. The standard InChI is InChI=1S/C25H23F3N6O2/c26-25(27,28)13-33-12-16(10-30-33)19-2-1-3-20(31-19)23(35)32-21-9-18(11-29-22(21)14-4-5-14)34-17-7-6-15(8-17)24(34)36/h1-3,9-12,14-15,17H,4-8,13H2,(H,32,35)/t15-,17+/m1/s1. The summed E-state index contributed by atoms with van der Waals surface area (Å²) in [6, 6.07) is 6.76. The molecule has 2 bridgehead atoms. The monoisotopic (exact) mass is 496 g/mol. The van der Waals surface area contributed by atoms with E-state index in [0.717, 1.165) is 42.5 Å². The van der Waals surface area contributed by atoms with E-state index in [1.54, 1.807) is 18.3 Å². The third-order valence-electron chi connectivity index (χ3n) is 7.00. The lowest BCUT2D eigenvalue weighted by Crippen LogP contribution is -2.37. The van der Waals surface area contributed by atoms with E-state index in [1.807, 2.05) is 11.0 Å². The highest BCUT2D eigenvalue weighted by molar-refractivity contribution is 6.04. The topological polar surface area (TPSA) is 93.0 Å². The molecule has 3 aliphatic rings. The van der Waals surface area contributed by atoms with Gasteiger partial charge < -0.3 is 10.2 Å². The van der Waals surface area contributed by atoms with E-state index in [1.165, 1.54) is 18.5 Å². The highest BCUT2D eigenvalue weighted by Gasteiger charge is 2.45. The van der Waals surface area contributed by atoms with Gasteiger partial charge in [0, 0.05) is 29.6 Å². The molecule has 0 aromatic carbocycles. The van der Waals surface area contributed by atoms with Crippen LogP contribution in [0.2, 0.25) is 0 Å². The normalized spacial score (nSPS) is 21.3. The molecule has 0 spiro atoms. The third kappa shape index (κ3) is 4.33. The number of nitrogens with one attached hydrogen (secondary N) is 1. The number of hydrogen-bond acceptors (Lipinski definition) is 5. The van der Waals surface area contributed by atoms with Crippen molar-refractivity contribution in [2.24, 2.45) is 5.92 Å². The quantitative estimate of drug-likeness (QED) is 0.541. The molecule has 6 rings (SSSR count). The average Bonchev–Trinajstić information content (AvgIpc) is 3.25. The van der Waals surface area contributed by atoms with E-state index in [0.29, 0.717) is 22.6 Å². The number of nitrogens with zero attached hydrogens (tertiary/aromatic N) is 5. The molecule has 2 saturated carbocycles. The number of carbonyl (C=O) groups excluding carboxylic acids is 2. The summed E-state index contributed by atoms with van der Waals surface area (Å²) >= 11 is 0. The fourth-order valence-electron chi connectivity index (χ4n) is 5.18.